The van der Waals surface area contributed by atoms with Gasteiger partial charge in [-0.15, -0.1) is 0 Å². The molecule has 0 aromatic heterocycles. The van der Waals surface area contributed by atoms with Crippen LogP contribution >= 0.6 is 0 Å². The molecule has 1 amide bonds. The molecule has 0 spiro atoms. The summed E-state index contributed by atoms with van der Waals surface area (Å²) in [4.78, 5) is 13.7. The summed E-state index contributed by atoms with van der Waals surface area (Å²) in [5.41, 5.74) is 8.44. The first-order valence-electron chi connectivity index (χ1n) is 6.81. The van der Waals surface area contributed by atoms with Crippen molar-refractivity contribution in [2.24, 2.45) is 0 Å². The summed E-state index contributed by atoms with van der Waals surface area (Å²) in [6.45, 7) is 1.48. The van der Waals surface area contributed by atoms with Gasteiger partial charge in [-0.3, -0.25) is 4.79 Å². The van der Waals surface area contributed by atoms with E-state index in [2.05, 4.69) is 10.2 Å². The molecule has 20 heavy (non-hydrogen) atoms. The lowest BCUT2D eigenvalue weighted by Crippen LogP contribution is -2.31. The van der Waals surface area contributed by atoms with Gasteiger partial charge in [0.2, 0.25) is 0 Å². The van der Waals surface area contributed by atoms with E-state index in [0.29, 0.717) is 29.8 Å². The van der Waals surface area contributed by atoms with Gasteiger partial charge in [0.25, 0.3) is 5.91 Å². The minimum atomic E-state index is -0.136. The van der Waals surface area contributed by atoms with Crippen LogP contribution in [-0.2, 0) is 9.53 Å². The second kappa shape index (κ2) is 5.20. The van der Waals surface area contributed by atoms with Crippen LogP contribution in [0.1, 0.15) is 12.8 Å². The van der Waals surface area contributed by atoms with E-state index in [4.69, 9.17) is 15.2 Å². The van der Waals surface area contributed by atoms with Crippen molar-refractivity contribution in [1.82, 2.24) is 0 Å². The molecule has 3 rings (SSSR count). The smallest absolute Gasteiger partial charge is 0.262 e. The number of carbonyl (C=O) groups excluding carboxylic acids is 1. The van der Waals surface area contributed by atoms with Gasteiger partial charge in [0.1, 0.15) is 5.75 Å². The molecule has 1 aliphatic heterocycles. The highest BCUT2D eigenvalue weighted by atomic mass is 16.5. The SMILES string of the molecule is COCCN(c1cc2c(cc1N)OCC(=O)N2)C1CC1. The summed E-state index contributed by atoms with van der Waals surface area (Å²) in [6, 6.07) is 4.20. The van der Waals surface area contributed by atoms with E-state index >= 15 is 0 Å². The zero-order valence-electron chi connectivity index (χ0n) is 11.5. The molecule has 3 N–H and O–H groups in total. The highest BCUT2D eigenvalue weighted by Gasteiger charge is 2.31. The summed E-state index contributed by atoms with van der Waals surface area (Å²) in [6.07, 6.45) is 2.34. The Morgan fingerprint density at radius 2 is 2.30 bits per heavy atom. The third-order valence-corrected chi connectivity index (χ3v) is 3.60. The minimum Gasteiger partial charge on any atom is -0.482 e. The van der Waals surface area contributed by atoms with Crippen LogP contribution < -0.4 is 20.7 Å². The lowest BCUT2D eigenvalue weighted by atomic mass is 10.1. The van der Waals surface area contributed by atoms with Gasteiger partial charge in [0, 0.05) is 25.8 Å². The first-order valence-corrected chi connectivity index (χ1v) is 6.81. The van der Waals surface area contributed by atoms with Gasteiger partial charge < -0.3 is 25.4 Å². The third kappa shape index (κ3) is 2.51. The molecule has 0 radical (unpaired) electrons. The largest absolute Gasteiger partial charge is 0.482 e. The molecule has 0 bridgehead atoms. The second-order valence-corrected chi connectivity index (χ2v) is 5.16. The highest BCUT2D eigenvalue weighted by molar-refractivity contribution is 5.97. The van der Waals surface area contributed by atoms with E-state index in [-0.39, 0.29) is 12.5 Å². The second-order valence-electron chi connectivity index (χ2n) is 5.16. The lowest BCUT2D eigenvalue weighted by Gasteiger charge is -2.28. The first-order chi connectivity index (χ1) is 9.69. The van der Waals surface area contributed by atoms with Crippen LogP contribution in [0.3, 0.4) is 0 Å². The van der Waals surface area contributed by atoms with E-state index < -0.39 is 0 Å². The van der Waals surface area contributed by atoms with Gasteiger partial charge in [-0.1, -0.05) is 0 Å². The maximum absolute atomic E-state index is 11.4. The van der Waals surface area contributed by atoms with Crippen molar-refractivity contribution in [2.45, 2.75) is 18.9 Å². The van der Waals surface area contributed by atoms with Gasteiger partial charge in [0.15, 0.2) is 6.61 Å². The number of anilines is 3. The van der Waals surface area contributed by atoms with Crippen molar-refractivity contribution in [3.8, 4) is 5.75 Å². The Labute approximate surface area is 117 Å². The van der Waals surface area contributed by atoms with Crippen LogP contribution in [0.5, 0.6) is 5.75 Å². The van der Waals surface area contributed by atoms with Gasteiger partial charge >= 0.3 is 0 Å². The van der Waals surface area contributed by atoms with E-state index in [1.54, 1.807) is 13.2 Å². The average Bonchev–Trinajstić information content (AvgIpc) is 3.25. The Morgan fingerprint density at radius 3 is 3.00 bits per heavy atom. The number of nitrogens with zero attached hydrogens (tertiary/aromatic N) is 1. The van der Waals surface area contributed by atoms with Gasteiger partial charge in [-0.25, -0.2) is 0 Å². The molecule has 2 aliphatic rings. The number of carbonyl (C=O) groups is 1. The summed E-state index contributed by atoms with van der Waals surface area (Å²) in [7, 11) is 1.69. The van der Waals surface area contributed by atoms with Crippen molar-refractivity contribution in [3.05, 3.63) is 12.1 Å². The quantitative estimate of drug-likeness (QED) is 0.791. The molecule has 0 unspecified atom stereocenters. The third-order valence-electron chi connectivity index (χ3n) is 3.60. The molecule has 1 fully saturated rings. The predicted molar refractivity (Wildman–Crippen MR) is 77.2 cm³/mol. The standard InChI is InChI=1S/C14H19N3O3/c1-19-5-4-17(9-2-3-9)12-7-11-13(6-10(12)15)20-8-14(18)16-11/h6-7,9H,2-5,8,15H2,1H3,(H,16,18). The van der Waals surface area contributed by atoms with E-state index in [9.17, 15) is 4.79 Å². The maximum Gasteiger partial charge on any atom is 0.262 e. The van der Waals surface area contributed by atoms with Crippen LogP contribution in [0.4, 0.5) is 17.1 Å². The predicted octanol–water partition coefficient (Wildman–Crippen LogP) is 1.21. The number of fused-ring (bicyclic) bond motifs is 1. The molecule has 6 heteroatoms. The highest BCUT2D eigenvalue weighted by Crippen LogP contribution is 2.40. The Balaban J connectivity index is 1.91. The monoisotopic (exact) mass is 277 g/mol. The summed E-state index contributed by atoms with van der Waals surface area (Å²) >= 11 is 0. The molecule has 1 aliphatic carbocycles. The molecular weight excluding hydrogens is 258 g/mol. The molecule has 1 aromatic carbocycles. The number of nitrogen functional groups attached to an aromatic ring is 1. The fourth-order valence-electron chi connectivity index (χ4n) is 2.46. The average molecular weight is 277 g/mol. The number of rotatable bonds is 5. The molecule has 1 saturated carbocycles. The Bertz CT molecular complexity index is 529. The number of benzene rings is 1. The number of ether oxygens (including phenoxy) is 2. The number of hydrogen-bond acceptors (Lipinski definition) is 5. The van der Waals surface area contributed by atoms with Crippen molar-refractivity contribution in [1.29, 1.82) is 0 Å². The Morgan fingerprint density at radius 1 is 1.50 bits per heavy atom. The molecule has 1 aromatic rings. The number of nitrogens with one attached hydrogen (secondary N) is 1. The van der Waals surface area contributed by atoms with Crippen molar-refractivity contribution < 1.29 is 14.3 Å². The maximum atomic E-state index is 11.4. The van der Waals surface area contributed by atoms with Crippen molar-refractivity contribution >= 4 is 23.0 Å². The normalized spacial score (nSPS) is 17.1. The molecule has 0 saturated heterocycles. The zero-order chi connectivity index (χ0) is 14.1. The number of amides is 1. The van der Waals surface area contributed by atoms with Crippen LogP contribution in [0.15, 0.2) is 12.1 Å². The topological polar surface area (TPSA) is 76.8 Å². The van der Waals surface area contributed by atoms with Gasteiger partial charge in [0.05, 0.1) is 23.7 Å². The summed E-state index contributed by atoms with van der Waals surface area (Å²) in [5, 5.41) is 2.82. The fourth-order valence-corrected chi connectivity index (χ4v) is 2.46. The van der Waals surface area contributed by atoms with Crippen LogP contribution in [0, 0.1) is 0 Å². The van der Waals surface area contributed by atoms with E-state index in [0.717, 1.165) is 12.2 Å². The van der Waals surface area contributed by atoms with Crippen LogP contribution in [0.25, 0.3) is 0 Å². The first kappa shape index (κ1) is 13.1. The summed E-state index contributed by atoms with van der Waals surface area (Å²) < 4.78 is 10.5. The molecule has 6 nitrogen and oxygen atoms in total. The van der Waals surface area contributed by atoms with Gasteiger partial charge in [-0.2, -0.15) is 0 Å². The van der Waals surface area contributed by atoms with Gasteiger partial charge in [-0.05, 0) is 18.9 Å². The molecular formula is C14H19N3O3. The molecule has 108 valence electrons. The van der Waals surface area contributed by atoms with E-state index in [1.807, 2.05) is 6.07 Å². The Hall–Kier alpha value is -1.95. The number of methoxy groups -OCH3 is 1. The van der Waals surface area contributed by atoms with Crippen molar-refractivity contribution in [3.63, 3.8) is 0 Å². The number of hydrogen-bond donors (Lipinski definition) is 2. The summed E-state index contributed by atoms with van der Waals surface area (Å²) in [5.74, 6) is 0.497. The molecule has 0 atom stereocenters. The minimum absolute atomic E-state index is 0.0435. The van der Waals surface area contributed by atoms with E-state index in [1.165, 1.54) is 12.8 Å². The Kier molecular flexibility index (Phi) is 3.40. The number of nitrogens with two attached hydrogens (primary N) is 1. The van der Waals surface area contributed by atoms with Crippen LogP contribution in [-0.4, -0.2) is 38.8 Å². The molecule has 1 heterocycles. The van der Waals surface area contributed by atoms with Crippen LogP contribution in [0.2, 0.25) is 0 Å². The zero-order valence-corrected chi connectivity index (χ0v) is 11.5. The van der Waals surface area contributed by atoms with Crippen molar-refractivity contribution in [2.75, 3.05) is 42.8 Å². The lowest BCUT2D eigenvalue weighted by molar-refractivity contribution is -0.118. The fraction of sp³-hybridized carbons (Fsp3) is 0.500.